The Labute approximate surface area is 102 Å². The molecule has 0 aliphatic carbocycles. The van der Waals surface area contributed by atoms with E-state index < -0.39 is 10.0 Å². The van der Waals surface area contributed by atoms with E-state index in [4.69, 9.17) is 0 Å². The Bertz CT molecular complexity index is 465. The smallest absolute Gasteiger partial charge is 0.260 e. The van der Waals surface area contributed by atoms with Crippen LogP contribution in [0.5, 0.6) is 0 Å². The Morgan fingerprint density at radius 2 is 2.12 bits per heavy atom. The third kappa shape index (κ3) is 2.69. The minimum absolute atomic E-state index is 0.192. The highest BCUT2D eigenvalue weighted by Crippen LogP contribution is 2.31. The Morgan fingerprint density at radius 1 is 1.35 bits per heavy atom. The van der Waals surface area contributed by atoms with Gasteiger partial charge in [0.05, 0.1) is 12.5 Å². The largest absolute Gasteiger partial charge is 0.335 e. The lowest BCUT2D eigenvalue weighted by atomic mass is 9.85. The van der Waals surface area contributed by atoms with Crippen molar-refractivity contribution in [3.63, 3.8) is 0 Å². The normalized spacial score (nSPS) is 22.2. The van der Waals surface area contributed by atoms with Crippen LogP contribution in [0.2, 0.25) is 0 Å². The second kappa shape index (κ2) is 4.42. The van der Waals surface area contributed by atoms with Gasteiger partial charge < -0.3 is 4.98 Å². The first-order valence-electron chi connectivity index (χ1n) is 5.90. The first-order valence-corrected chi connectivity index (χ1v) is 7.34. The lowest BCUT2D eigenvalue weighted by Gasteiger charge is -2.22. The van der Waals surface area contributed by atoms with Crippen molar-refractivity contribution >= 4 is 10.0 Å². The molecule has 1 N–H and O–H groups in total. The predicted octanol–water partition coefficient (Wildman–Crippen LogP) is 1.61. The lowest BCUT2D eigenvalue weighted by Crippen LogP contribution is -2.32. The van der Waals surface area contributed by atoms with Gasteiger partial charge in [-0.25, -0.2) is 13.4 Å². The van der Waals surface area contributed by atoms with Crippen LogP contribution in [0.1, 0.15) is 33.1 Å². The lowest BCUT2D eigenvalue weighted by molar-refractivity contribution is 0.314. The first kappa shape index (κ1) is 12.6. The minimum Gasteiger partial charge on any atom is -0.335 e. The van der Waals surface area contributed by atoms with Gasteiger partial charge >= 0.3 is 0 Å². The van der Waals surface area contributed by atoms with E-state index in [1.54, 1.807) is 4.31 Å². The number of aromatic amines is 1. The summed E-state index contributed by atoms with van der Waals surface area (Å²) in [4.78, 5) is 6.45. The molecule has 1 aliphatic rings. The third-order valence-corrected chi connectivity index (χ3v) is 5.21. The van der Waals surface area contributed by atoms with Crippen LogP contribution < -0.4 is 0 Å². The van der Waals surface area contributed by atoms with Gasteiger partial charge in [-0.05, 0) is 24.7 Å². The number of aromatic nitrogens is 2. The molecule has 6 heteroatoms. The fourth-order valence-electron chi connectivity index (χ4n) is 2.16. The van der Waals surface area contributed by atoms with Gasteiger partial charge in [0.15, 0.2) is 5.03 Å². The van der Waals surface area contributed by atoms with E-state index in [1.165, 1.54) is 12.5 Å². The molecule has 1 aromatic rings. The molecule has 2 heterocycles. The summed E-state index contributed by atoms with van der Waals surface area (Å²) in [7, 11) is -3.38. The van der Waals surface area contributed by atoms with Crippen molar-refractivity contribution < 1.29 is 8.42 Å². The maximum absolute atomic E-state index is 12.3. The number of H-pyrrole nitrogens is 1. The van der Waals surface area contributed by atoms with Gasteiger partial charge in [0.25, 0.3) is 10.0 Å². The molecule has 0 amide bonds. The molecular formula is C11H19N3O2S. The van der Waals surface area contributed by atoms with Crippen LogP contribution in [0.15, 0.2) is 17.6 Å². The van der Waals surface area contributed by atoms with Crippen LogP contribution in [0.4, 0.5) is 0 Å². The zero-order valence-corrected chi connectivity index (χ0v) is 11.1. The molecule has 0 bridgehead atoms. The van der Waals surface area contributed by atoms with Gasteiger partial charge in [0.2, 0.25) is 0 Å². The van der Waals surface area contributed by atoms with Gasteiger partial charge in [-0.3, -0.25) is 0 Å². The van der Waals surface area contributed by atoms with Crippen molar-refractivity contribution in [2.24, 2.45) is 5.41 Å². The van der Waals surface area contributed by atoms with Crippen molar-refractivity contribution in [2.75, 3.05) is 13.1 Å². The Kier molecular flexibility index (Phi) is 3.27. The Hall–Kier alpha value is -0.880. The number of hydrogen-bond acceptors (Lipinski definition) is 3. The van der Waals surface area contributed by atoms with E-state index in [2.05, 4.69) is 23.8 Å². The quantitative estimate of drug-likeness (QED) is 0.875. The highest BCUT2D eigenvalue weighted by molar-refractivity contribution is 7.89. The van der Waals surface area contributed by atoms with Gasteiger partial charge in [-0.15, -0.1) is 0 Å². The van der Waals surface area contributed by atoms with Crippen LogP contribution in [0.25, 0.3) is 0 Å². The molecule has 0 unspecified atom stereocenters. The third-order valence-electron chi connectivity index (χ3n) is 3.39. The molecule has 0 saturated carbocycles. The topological polar surface area (TPSA) is 66.1 Å². The fourth-order valence-corrected chi connectivity index (χ4v) is 3.54. The van der Waals surface area contributed by atoms with E-state index in [1.807, 2.05) is 0 Å². The molecule has 0 atom stereocenters. The maximum atomic E-state index is 12.3. The zero-order chi connectivity index (χ0) is 12.5. The number of sulfonamides is 1. The summed E-state index contributed by atoms with van der Waals surface area (Å²) in [6.07, 6.45) is 5.66. The molecule has 1 aromatic heterocycles. The molecule has 0 aromatic carbocycles. The molecule has 0 spiro atoms. The van der Waals surface area contributed by atoms with Crippen LogP contribution in [-0.4, -0.2) is 35.8 Å². The Balaban J connectivity index is 2.18. The Morgan fingerprint density at radius 3 is 2.76 bits per heavy atom. The SMILES string of the molecule is CC1(C)CCCN(S(=O)(=O)c2cnc[nH]2)CC1. The van der Waals surface area contributed by atoms with Crippen LogP contribution in [0.3, 0.4) is 0 Å². The average Bonchev–Trinajstić information content (AvgIpc) is 2.70. The summed E-state index contributed by atoms with van der Waals surface area (Å²) < 4.78 is 26.1. The highest BCUT2D eigenvalue weighted by atomic mass is 32.2. The summed E-state index contributed by atoms with van der Waals surface area (Å²) in [5.74, 6) is 0. The van der Waals surface area contributed by atoms with Crippen LogP contribution in [-0.2, 0) is 10.0 Å². The predicted molar refractivity (Wildman–Crippen MR) is 65.0 cm³/mol. The number of nitrogens with one attached hydrogen (secondary N) is 1. The van der Waals surface area contributed by atoms with Crippen molar-refractivity contribution in [3.05, 3.63) is 12.5 Å². The molecule has 1 fully saturated rings. The summed E-state index contributed by atoms with van der Waals surface area (Å²) >= 11 is 0. The molecule has 2 rings (SSSR count). The second-order valence-corrected chi connectivity index (χ2v) is 7.24. The summed E-state index contributed by atoms with van der Waals surface area (Å²) in [5.41, 5.74) is 0.234. The standard InChI is InChI=1S/C11H19N3O2S/c1-11(2)4-3-6-14(7-5-11)17(15,16)10-8-12-9-13-10/h8-9H,3-7H2,1-2H3,(H,12,13). The van der Waals surface area contributed by atoms with Crippen LogP contribution >= 0.6 is 0 Å². The van der Waals surface area contributed by atoms with Gasteiger partial charge in [-0.2, -0.15) is 4.31 Å². The molecular weight excluding hydrogens is 238 g/mol. The number of hydrogen-bond donors (Lipinski definition) is 1. The highest BCUT2D eigenvalue weighted by Gasteiger charge is 2.30. The van der Waals surface area contributed by atoms with Crippen molar-refractivity contribution in [1.82, 2.24) is 14.3 Å². The van der Waals surface area contributed by atoms with E-state index >= 15 is 0 Å². The average molecular weight is 257 g/mol. The molecule has 17 heavy (non-hydrogen) atoms. The summed E-state index contributed by atoms with van der Waals surface area (Å²) in [5, 5.41) is 0.192. The number of nitrogens with zero attached hydrogens (tertiary/aromatic N) is 2. The minimum atomic E-state index is -3.38. The number of rotatable bonds is 2. The van der Waals surface area contributed by atoms with E-state index in [0.29, 0.717) is 13.1 Å². The molecule has 0 radical (unpaired) electrons. The summed E-state index contributed by atoms with van der Waals surface area (Å²) in [6, 6.07) is 0. The fraction of sp³-hybridized carbons (Fsp3) is 0.727. The molecule has 5 nitrogen and oxygen atoms in total. The van der Waals surface area contributed by atoms with Gasteiger partial charge in [0, 0.05) is 13.1 Å². The second-order valence-electron chi connectivity index (χ2n) is 5.34. The molecule has 1 saturated heterocycles. The zero-order valence-electron chi connectivity index (χ0n) is 10.3. The van der Waals surface area contributed by atoms with Crippen LogP contribution in [0, 0.1) is 5.41 Å². The summed E-state index contributed by atoms with van der Waals surface area (Å²) in [6.45, 7) is 5.58. The monoisotopic (exact) mass is 257 g/mol. The van der Waals surface area contributed by atoms with Crippen molar-refractivity contribution in [3.8, 4) is 0 Å². The van der Waals surface area contributed by atoms with E-state index in [0.717, 1.165) is 19.3 Å². The van der Waals surface area contributed by atoms with Gasteiger partial charge in [0.1, 0.15) is 0 Å². The van der Waals surface area contributed by atoms with E-state index in [-0.39, 0.29) is 10.4 Å². The molecule has 1 aliphatic heterocycles. The first-order chi connectivity index (χ1) is 7.92. The number of imidazole rings is 1. The van der Waals surface area contributed by atoms with E-state index in [9.17, 15) is 8.42 Å². The van der Waals surface area contributed by atoms with Crippen molar-refractivity contribution in [1.29, 1.82) is 0 Å². The maximum Gasteiger partial charge on any atom is 0.260 e. The molecule has 96 valence electrons. The van der Waals surface area contributed by atoms with Gasteiger partial charge in [-0.1, -0.05) is 13.8 Å². The van der Waals surface area contributed by atoms with Crippen molar-refractivity contribution in [2.45, 2.75) is 38.1 Å².